The van der Waals surface area contributed by atoms with Crippen LogP contribution in [0.4, 0.5) is 5.69 Å². The third-order valence-electron chi connectivity index (χ3n) is 4.77. The molecule has 1 heterocycles. The molecule has 0 aromatic heterocycles. The third kappa shape index (κ3) is 3.64. The number of aliphatic hydroxyl groups excluding tert-OH is 2. The van der Waals surface area contributed by atoms with Crippen molar-refractivity contribution in [2.24, 2.45) is 0 Å². The van der Waals surface area contributed by atoms with Gasteiger partial charge >= 0.3 is 0 Å². The highest BCUT2D eigenvalue weighted by Gasteiger charge is 2.46. The monoisotopic (exact) mass is 380 g/mol. The Labute approximate surface area is 164 Å². The Hall–Kier alpha value is -3.12. The van der Waals surface area contributed by atoms with Gasteiger partial charge < -0.3 is 20.0 Å². The van der Waals surface area contributed by atoms with Gasteiger partial charge in [-0.25, -0.2) is 0 Å². The first-order chi connectivity index (χ1) is 13.3. The quantitative estimate of drug-likeness (QED) is 0.473. The number of benzene rings is 2. The molecular formula is C22H24N2O4. The number of hydrogen-bond donors (Lipinski definition) is 2. The zero-order valence-corrected chi connectivity index (χ0v) is 16.2. The van der Waals surface area contributed by atoms with Crippen LogP contribution in [0.15, 0.2) is 60.2 Å². The molecule has 0 bridgehead atoms. The second kappa shape index (κ2) is 7.86. The fourth-order valence-corrected chi connectivity index (χ4v) is 3.41. The fourth-order valence-electron chi connectivity index (χ4n) is 3.41. The number of carbonyl (C=O) groups is 2. The van der Waals surface area contributed by atoms with E-state index in [1.54, 1.807) is 37.3 Å². The van der Waals surface area contributed by atoms with Gasteiger partial charge in [0.05, 0.1) is 17.7 Å². The number of nitrogens with zero attached hydrogens (tertiary/aromatic N) is 2. The van der Waals surface area contributed by atoms with Crippen LogP contribution in [0.1, 0.15) is 24.1 Å². The highest BCUT2D eigenvalue weighted by molar-refractivity contribution is 6.46. The first-order valence-corrected chi connectivity index (χ1v) is 9.10. The summed E-state index contributed by atoms with van der Waals surface area (Å²) in [6, 6.07) is 15.4. The van der Waals surface area contributed by atoms with E-state index in [4.69, 9.17) is 0 Å². The van der Waals surface area contributed by atoms with Crippen molar-refractivity contribution in [3.63, 3.8) is 0 Å². The van der Waals surface area contributed by atoms with Gasteiger partial charge in [-0.05, 0) is 24.6 Å². The molecule has 0 saturated carbocycles. The molecule has 6 nitrogen and oxygen atoms in total. The number of amides is 1. The molecule has 1 fully saturated rings. The maximum Gasteiger partial charge on any atom is 0.295 e. The molecule has 0 unspecified atom stereocenters. The van der Waals surface area contributed by atoms with E-state index in [1.165, 1.54) is 4.90 Å². The number of hydrogen-bond acceptors (Lipinski definition) is 5. The summed E-state index contributed by atoms with van der Waals surface area (Å²) in [5.74, 6) is -1.68. The summed E-state index contributed by atoms with van der Waals surface area (Å²) in [5.41, 5.74) is 2.17. The van der Waals surface area contributed by atoms with Gasteiger partial charge in [0.25, 0.3) is 11.7 Å². The third-order valence-corrected chi connectivity index (χ3v) is 4.77. The lowest BCUT2D eigenvalue weighted by molar-refractivity contribution is -0.140. The molecule has 0 spiro atoms. The summed E-state index contributed by atoms with van der Waals surface area (Å²) in [4.78, 5) is 28.7. The van der Waals surface area contributed by atoms with Crippen LogP contribution in [-0.4, -0.2) is 53.5 Å². The molecule has 0 aliphatic carbocycles. The first-order valence-electron chi connectivity index (χ1n) is 9.10. The van der Waals surface area contributed by atoms with Gasteiger partial charge in [0.1, 0.15) is 5.76 Å². The SMILES string of the molecule is C[C@@H](O)CN1C(=O)C(=O)C(=C(O)c2ccccc2)[C@@H]1c1ccc(N(C)C)cc1. The number of carbonyl (C=O) groups excluding carboxylic acids is 2. The number of rotatable bonds is 5. The van der Waals surface area contributed by atoms with E-state index in [-0.39, 0.29) is 17.9 Å². The molecule has 2 atom stereocenters. The van der Waals surface area contributed by atoms with Crippen LogP contribution in [-0.2, 0) is 9.59 Å². The Morgan fingerprint density at radius 3 is 2.21 bits per heavy atom. The minimum absolute atomic E-state index is 0.00373. The molecule has 2 aromatic rings. The van der Waals surface area contributed by atoms with Crippen molar-refractivity contribution in [3.8, 4) is 0 Å². The van der Waals surface area contributed by atoms with Crippen LogP contribution >= 0.6 is 0 Å². The lowest BCUT2D eigenvalue weighted by Gasteiger charge is -2.26. The molecule has 1 aliphatic rings. The predicted octanol–water partition coefficient (Wildman–Crippen LogP) is 2.56. The maximum absolute atomic E-state index is 12.8. The average Bonchev–Trinajstić information content (AvgIpc) is 2.92. The zero-order valence-electron chi connectivity index (χ0n) is 16.2. The average molecular weight is 380 g/mol. The normalized spacial score (nSPS) is 19.7. The van der Waals surface area contributed by atoms with Crippen molar-refractivity contribution in [2.45, 2.75) is 19.1 Å². The summed E-state index contributed by atoms with van der Waals surface area (Å²) in [6.07, 6.45) is -0.807. The van der Waals surface area contributed by atoms with Crippen LogP contribution in [0.5, 0.6) is 0 Å². The summed E-state index contributed by atoms with van der Waals surface area (Å²) < 4.78 is 0. The summed E-state index contributed by atoms with van der Waals surface area (Å²) in [5, 5.41) is 20.7. The van der Waals surface area contributed by atoms with Crippen molar-refractivity contribution in [3.05, 3.63) is 71.3 Å². The van der Waals surface area contributed by atoms with E-state index in [0.29, 0.717) is 11.1 Å². The molecular weight excluding hydrogens is 356 g/mol. The van der Waals surface area contributed by atoms with Crippen molar-refractivity contribution in [2.75, 3.05) is 25.5 Å². The van der Waals surface area contributed by atoms with E-state index in [0.717, 1.165) is 5.69 Å². The van der Waals surface area contributed by atoms with Crippen molar-refractivity contribution in [1.29, 1.82) is 0 Å². The van der Waals surface area contributed by atoms with Crippen molar-refractivity contribution >= 4 is 23.1 Å². The number of β-amino-alcohol motifs (C(OH)–C–C–N with tert-alkyl or cyclic N) is 1. The second-order valence-electron chi connectivity index (χ2n) is 7.15. The van der Waals surface area contributed by atoms with Crippen LogP contribution in [0.2, 0.25) is 0 Å². The van der Waals surface area contributed by atoms with Crippen molar-refractivity contribution < 1.29 is 19.8 Å². The van der Waals surface area contributed by atoms with Gasteiger partial charge in [-0.3, -0.25) is 9.59 Å². The molecule has 3 rings (SSSR count). The molecule has 146 valence electrons. The second-order valence-corrected chi connectivity index (χ2v) is 7.15. The number of ketones is 1. The van der Waals surface area contributed by atoms with E-state index in [9.17, 15) is 19.8 Å². The summed E-state index contributed by atoms with van der Waals surface area (Å²) in [7, 11) is 3.84. The number of aliphatic hydroxyl groups is 2. The first kappa shape index (κ1) is 19.6. The van der Waals surface area contributed by atoms with Crippen molar-refractivity contribution in [1.82, 2.24) is 4.90 Å². The minimum Gasteiger partial charge on any atom is -0.507 e. The molecule has 6 heteroatoms. The van der Waals surface area contributed by atoms with Crippen LogP contribution in [0.3, 0.4) is 0 Å². The van der Waals surface area contributed by atoms with E-state index in [1.807, 2.05) is 43.3 Å². The minimum atomic E-state index is -0.807. The smallest absolute Gasteiger partial charge is 0.295 e. The summed E-state index contributed by atoms with van der Waals surface area (Å²) >= 11 is 0. The van der Waals surface area contributed by atoms with Crippen LogP contribution in [0.25, 0.3) is 5.76 Å². The van der Waals surface area contributed by atoms with E-state index >= 15 is 0 Å². The molecule has 0 radical (unpaired) electrons. The van der Waals surface area contributed by atoms with Gasteiger partial charge in [-0.2, -0.15) is 0 Å². The Balaban J connectivity index is 2.15. The van der Waals surface area contributed by atoms with Gasteiger partial charge in [0.15, 0.2) is 0 Å². The largest absolute Gasteiger partial charge is 0.507 e. The number of anilines is 1. The highest BCUT2D eigenvalue weighted by Crippen LogP contribution is 2.39. The Morgan fingerprint density at radius 1 is 1.07 bits per heavy atom. The topological polar surface area (TPSA) is 81.1 Å². The lowest BCUT2D eigenvalue weighted by Crippen LogP contribution is -2.35. The lowest BCUT2D eigenvalue weighted by atomic mass is 9.95. The molecule has 28 heavy (non-hydrogen) atoms. The molecule has 2 aromatic carbocycles. The van der Waals surface area contributed by atoms with Gasteiger partial charge in [-0.15, -0.1) is 0 Å². The Kier molecular flexibility index (Phi) is 5.51. The predicted molar refractivity (Wildman–Crippen MR) is 108 cm³/mol. The zero-order chi connectivity index (χ0) is 20.4. The molecule has 1 amide bonds. The molecule has 1 saturated heterocycles. The van der Waals surface area contributed by atoms with Gasteiger partial charge in [-0.1, -0.05) is 42.5 Å². The molecule has 2 N–H and O–H groups in total. The van der Waals surface area contributed by atoms with E-state index in [2.05, 4.69) is 0 Å². The van der Waals surface area contributed by atoms with Crippen LogP contribution < -0.4 is 4.90 Å². The highest BCUT2D eigenvalue weighted by atomic mass is 16.3. The summed E-state index contributed by atoms with van der Waals surface area (Å²) in [6.45, 7) is 1.55. The molecule has 1 aliphatic heterocycles. The Bertz CT molecular complexity index is 902. The Morgan fingerprint density at radius 2 is 1.68 bits per heavy atom. The van der Waals surface area contributed by atoms with E-state index < -0.39 is 23.8 Å². The maximum atomic E-state index is 12.8. The van der Waals surface area contributed by atoms with Crippen LogP contribution in [0, 0.1) is 0 Å². The number of Topliss-reactive ketones (excluding diaryl/α,β-unsaturated/α-hetero) is 1. The van der Waals surface area contributed by atoms with Gasteiger partial charge in [0.2, 0.25) is 0 Å². The van der Waals surface area contributed by atoms with Gasteiger partial charge in [0, 0.05) is 31.9 Å². The number of likely N-dealkylation sites (tertiary alicyclic amines) is 1. The standard InChI is InChI=1S/C22H24N2O4/c1-14(25)13-24-19(15-9-11-17(12-10-15)23(2)3)18(21(27)22(24)28)20(26)16-7-5-4-6-8-16/h4-12,14,19,25-26H,13H2,1-3H3/t14-,19+/m1/s1. The fraction of sp³-hybridized carbons (Fsp3) is 0.273.